The predicted molar refractivity (Wildman–Crippen MR) is 52.7 cm³/mol. The molecule has 0 unspecified atom stereocenters. The van der Waals surface area contributed by atoms with Crippen LogP contribution in [-0.4, -0.2) is 19.7 Å². The molecule has 15 heavy (non-hydrogen) atoms. The first-order valence-electron chi connectivity index (χ1n) is 4.58. The zero-order valence-corrected chi connectivity index (χ0v) is 8.04. The summed E-state index contributed by atoms with van der Waals surface area (Å²) in [5.41, 5.74) is 1.01. The smallest absolute Gasteiger partial charge is 0.252 e. The van der Waals surface area contributed by atoms with Crippen molar-refractivity contribution in [1.82, 2.24) is 19.7 Å². The number of hydrogen-bond donors (Lipinski definition) is 0. The number of hydrogen-bond acceptors (Lipinski definition) is 4. The molecule has 5 heteroatoms. The van der Waals surface area contributed by atoms with Crippen molar-refractivity contribution >= 4 is 0 Å². The average molecular weight is 199 g/mol. The van der Waals surface area contributed by atoms with Crippen LogP contribution in [0.3, 0.4) is 0 Å². The normalized spacial score (nSPS) is 9.80. The molecule has 0 aliphatic heterocycles. The topological polar surface area (TPSA) is 67.4 Å². The van der Waals surface area contributed by atoms with E-state index in [1.807, 2.05) is 24.3 Å². The molecule has 0 aliphatic rings. The minimum atomic E-state index is 0.205. The number of aromatic nitrogens is 4. The van der Waals surface area contributed by atoms with Crippen LogP contribution in [0.2, 0.25) is 0 Å². The van der Waals surface area contributed by atoms with Crippen molar-refractivity contribution < 1.29 is 0 Å². The maximum Gasteiger partial charge on any atom is 0.252 e. The molecule has 0 aromatic carbocycles. The highest BCUT2D eigenvalue weighted by Gasteiger charge is 1.99. The second-order valence-corrected chi connectivity index (χ2v) is 3.01. The van der Waals surface area contributed by atoms with E-state index in [-0.39, 0.29) is 5.82 Å². The molecule has 0 radical (unpaired) electrons. The van der Waals surface area contributed by atoms with Gasteiger partial charge in [0.1, 0.15) is 12.4 Å². The van der Waals surface area contributed by atoms with Crippen molar-refractivity contribution in [2.75, 3.05) is 0 Å². The average Bonchev–Trinajstić information content (AvgIpc) is 2.76. The first-order chi connectivity index (χ1) is 7.38. The lowest BCUT2D eigenvalue weighted by atomic mass is 10.3. The SMILES string of the molecule is N#Cc1ncn(CCc2ccccn2)n1. The minimum Gasteiger partial charge on any atom is -0.261 e. The van der Waals surface area contributed by atoms with Crippen LogP contribution >= 0.6 is 0 Å². The van der Waals surface area contributed by atoms with Gasteiger partial charge < -0.3 is 0 Å². The molecular weight excluding hydrogens is 190 g/mol. The lowest BCUT2D eigenvalue weighted by Gasteiger charge is -1.99. The van der Waals surface area contributed by atoms with Crippen LogP contribution in [0.15, 0.2) is 30.7 Å². The summed E-state index contributed by atoms with van der Waals surface area (Å²) < 4.78 is 1.65. The van der Waals surface area contributed by atoms with Crippen LogP contribution in [0.5, 0.6) is 0 Å². The number of nitriles is 1. The van der Waals surface area contributed by atoms with Crippen LogP contribution in [-0.2, 0) is 13.0 Å². The van der Waals surface area contributed by atoms with Crippen LogP contribution in [0.25, 0.3) is 0 Å². The van der Waals surface area contributed by atoms with E-state index in [1.165, 1.54) is 0 Å². The third-order valence-electron chi connectivity index (χ3n) is 1.96. The lowest BCUT2D eigenvalue weighted by Crippen LogP contribution is -2.03. The number of aryl methyl sites for hydroxylation is 2. The van der Waals surface area contributed by atoms with Crippen molar-refractivity contribution in [3.63, 3.8) is 0 Å². The molecule has 0 amide bonds. The van der Waals surface area contributed by atoms with Crippen molar-refractivity contribution in [2.24, 2.45) is 0 Å². The van der Waals surface area contributed by atoms with Crippen molar-refractivity contribution in [3.8, 4) is 6.07 Å². The molecule has 0 spiro atoms. The summed E-state index contributed by atoms with van der Waals surface area (Å²) in [4.78, 5) is 8.01. The summed E-state index contributed by atoms with van der Waals surface area (Å²) in [6.07, 6.45) is 4.11. The largest absolute Gasteiger partial charge is 0.261 e. The fourth-order valence-electron chi connectivity index (χ4n) is 1.23. The highest BCUT2D eigenvalue weighted by Crippen LogP contribution is 1.97. The highest BCUT2D eigenvalue weighted by molar-refractivity contribution is 5.06. The highest BCUT2D eigenvalue weighted by atomic mass is 15.3. The number of nitrogens with zero attached hydrogens (tertiary/aromatic N) is 5. The molecule has 2 aromatic rings. The molecule has 2 heterocycles. The Labute approximate surface area is 87.0 Å². The standard InChI is InChI=1S/C10H9N5/c11-7-10-13-8-15(14-10)6-4-9-3-1-2-5-12-9/h1-3,5,8H,4,6H2. The van der Waals surface area contributed by atoms with E-state index in [1.54, 1.807) is 17.2 Å². The molecule has 0 N–H and O–H groups in total. The van der Waals surface area contributed by atoms with E-state index >= 15 is 0 Å². The van der Waals surface area contributed by atoms with E-state index < -0.39 is 0 Å². The van der Waals surface area contributed by atoms with Gasteiger partial charge in [-0.2, -0.15) is 5.26 Å². The second kappa shape index (κ2) is 4.33. The fraction of sp³-hybridized carbons (Fsp3) is 0.200. The quantitative estimate of drug-likeness (QED) is 0.732. The lowest BCUT2D eigenvalue weighted by molar-refractivity contribution is 0.605. The van der Waals surface area contributed by atoms with Crippen molar-refractivity contribution in [2.45, 2.75) is 13.0 Å². The molecule has 5 nitrogen and oxygen atoms in total. The van der Waals surface area contributed by atoms with Gasteiger partial charge in [-0.1, -0.05) is 6.07 Å². The van der Waals surface area contributed by atoms with Crippen LogP contribution in [0.4, 0.5) is 0 Å². The molecule has 0 saturated heterocycles. The first-order valence-corrected chi connectivity index (χ1v) is 4.58. The zero-order valence-electron chi connectivity index (χ0n) is 8.04. The van der Waals surface area contributed by atoms with Gasteiger partial charge in [-0.3, -0.25) is 9.67 Å². The summed E-state index contributed by atoms with van der Waals surface area (Å²) in [6.45, 7) is 0.686. The Kier molecular flexibility index (Phi) is 2.70. The number of pyridine rings is 1. The molecule has 74 valence electrons. The Morgan fingerprint density at radius 1 is 1.33 bits per heavy atom. The van der Waals surface area contributed by atoms with Crippen LogP contribution < -0.4 is 0 Å². The van der Waals surface area contributed by atoms with Crippen molar-refractivity contribution in [3.05, 3.63) is 42.2 Å². The van der Waals surface area contributed by atoms with Gasteiger partial charge in [0.05, 0.1) is 0 Å². The molecule has 0 saturated carbocycles. The third kappa shape index (κ3) is 2.38. The Morgan fingerprint density at radius 2 is 2.27 bits per heavy atom. The molecule has 0 bridgehead atoms. The Balaban J connectivity index is 1.97. The van der Waals surface area contributed by atoms with Crippen molar-refractivity contribution in [1.29, 1.82) is 5.26 Å². The second-order valence-electron chi connectivity index (χ2n) is 3.01. The Morgan fingerprint density at radius 3 is 2.93 bits per heavy atom. The van der Waals surface area contributed by atoms with Gasteiger partial charge in [-0.15, -0.1) is 5.10 Å². The molecule has 0 aliphatic carbocycles. The molecular formula is C10H9N5. The van der Waals surface area contributed by atoms with Gasteiger partial charge >= 0.3 is 0 Å². The van der Waals surface area contributed by atoms with Gasteiger partial charge in [0.15, 0.2) is 0 Å². The predicted octanol–water partition coefficient (Wildman–Crippen LogP) is 0.787. The summed E-state index contributed by atoms with van der Waals surface area (Å²) in [5.74, 6) is 0.205. The van der Waals surface area contributed by atoms with Gasteiger partial charge in [0.2, 0.25) is 0 Å². The van der Waals surface area contributed by atoms with E-state index in [0.717, 1.165) is 12.1 Å². The fourth-order valence-corrected chi connectivity index (χ4v) is 1.23. The molecule has 2 aromatic heterocycles. The van der Waals surface area contributed by atoms with Crippen LogP contribution in [0.1, 0.15) is 11.5 Å². The molecule has 0 fully saturated rings. The summed E-state index contributed by atoms with van der Waals surface area (Å²) in [6, 6.07) is 7.68. The van der Waals surface area contributed by atoms with E-state index in [2.05, 4.69) is 15.1 Å². The Hall–Kier alpha value is -2.22. The molecule has 2 rings (SSSR count). The summed E-state index contributed by atoms with van der Waals surface area (Å²) in [5, 5.41) is 12.5. The minimum absolute atomic E-state index is 0.205. The monoisotopic (exact) mass is 199 g/mol. The third-order valence-corrected chi connectivity index (χ3v) is 1.96. The maximum absolute atomic E-state index is 8.54. The van der Waals surface area contributed by atoms with Crippen LogP contribution in [0, 0.1) is 11.3 Å². The zero-order chi connectivity index (χ0) is 10.5. The maximum atomic E-state index is 8.54. The summed E-state index contributed by atoms with van der Waals surface area (Å²) >= 11 is 0. The van der Waals surface area contributed by atoms with E-state index in [4.69, 9.17) is 5.26 Å². The van der Waals surface area contributed by atoms with E-state index in [0.29, 0.717) is 6.54 Å². The first kappa shape index (κ1) is 9.34. The van der Waals surface area contributed by atoms with E-state index in [9.17, 15) is 0 Å². The Bertz CT molecular complexity index is 468. The number of rotatable bonds is 3. The van der Waals surface area contributed by atoms with Gasteiger partial charge in [0, 0.05) is 24.9 Å². The van der Waals surface area contributed by atoms with Gasteiger partial charge in [-0.25, -0.2) is 4.98 Å². The van der Waals surface area contributed by atoms with Gasteiger partial charge in [-0.05, 0) is 12.1 Å². The van der Waals surface area contributed by atoms with Gasteiger partial charge in [0.25, 0.3) is 5.82 Å². The molecule has 0 atom stereocenters. The summed E-state index contributed by atoms with van der Waals surface area (Å²) in [7, 11) is 0.